The Hall–Kier alpha value is -1.00. The molecule has 1 heteroatoms. The van der Waals surface area contributed by atoms with E-state index < -0.39 is 0 Å². The monoisotopic (exact) mass is 167 g/mol. The van der Waals surface area contributed by atoms with Gasteiger partial charge in [-0.25, -0.2) is 0 Å². The van der Waals surface area contributed by atoms with Gasteiger partial charge in [-0.15, -0.1) is 12.8 Å². The number of hydrogen-bond acceptors (Lipinski definition) is 1. The van der Waals surface area contributed by atoms with Gasteiger partial charge in [0.15, 0.2) is 0 Å². The summed E-state index contributed by atoms with van der Waals surface area (Å²) in [6.45, 7) is 6.85. The van der Waals surface area contributed by atoms with Crippen LogP contribution in [0.4, 0.5) is 0 Å². The molecular formula is C11H21N. The third-order valence-electron chi connectivity index (χ3n) is 0.576. The summed E-state index contributed by atoms with van der Waals surface area (Å²) in [6, 6.07) is 0. The van der Waals surface area contributed by atoms with Crippen LogP contribution in [0.5, 0.6) is 0 Å². The van der Waals surface area contributed by atoms with Crippen molar-refractivity contribution in [2.24, 2.45) is 5.73 Å². The van der Waals surface area contributed by atoms with Gasteiger partial charge in [0.1, 0.15) is 0 Å². The highest BCUT2D eigenvalue weighted by Crippen LogP contribution is 1.71. The van der Waals surface area contributed by atoms with E-state index in [1.165, 1.54) is 6.42 Å². The maximum Gasteiger partial charge on any atom is 0.0109 e. The molecule has 70 valence electrons. The molecule has 0 aromatic carbocycles. The van der Waals surface area contributed by atoms with Crippen LogP contribution in [-0.2, 0) is 0 Å². The third-order valence-corrected chi connectivity index (χ3v) is 0.576. The average Bonchev–Trinajstić information content (AvgIpc) is 2.11. The third kappa shape index (κ3) is 64.0. The highest BCUT2D eigenvalue weighted by atomic mass is 14.5. The highest BCUT2D eigenvalue weighted by molar-refractivity contribution is 5.01. The van der Waals surface area contributed by atoms with E-state index in [9.17, 15) is 0 Å². The molecule has 0 aliphatic carbocycles. The Kier molecular flexibility index (Phi) is 46.4. The highest BCUT2D eigenvalue weighted by Gasteiger charge is 1.57. The van der Waals surface area contributed by atoms with Crippen LogP contribution in [0, 0.1) is 12.8 Å². The molecule has 2 N–H and O–H groups in total. The normalized spacial score (nSPS) is 8.50. The summed E-state index contributed by atoms with van der Waals surface area (Å²) in [5.41, 5.74) is 5.15. The minimum Gasteiger partial charge on any atom is -0.327 e. The van der Waals surface area contributed by atoms with Crippen molar-refractivity contribution in [1.82, 2.24) is 0 Å². The zero-order valence-electron chi connectivity index (χ0n) is 8.46. The van der Waals surface area contributed by atoms with Gasteiger partial charge in [0, 0.05) is 6.54 Å². The fourth-order valence-corrected chi connectivity index (χ4v) is 0.268. The summed E-state index contributed by atoms with van der Waals surface area (Å²) in [6.07, 6.45) is 17.0. The molecule has 0 unspecified atom stereocenters. The quantitative estimate of drug-likeness (QED) is 0.496. The van der Waals surface area contributed by atoms with Crippen LogP contribution in [-0.4, -0.2) is 6.54 Å². The van der Waals surface area contributed by atoms with Crippen molar-refractivity contribution in [3.8, 4) is 12.8 Å². The first kappa shape index (κ1) is 17.2. The molecule has 0 atom stereocenters. The first-order valence-corrected chi connectivity index (χ1v) is 4.14. The predicted molar refractivity (Wildman–Crippen MR) is 58.9 cm³/mol. The van der Waals surface area contributed by atoms with Crippen LogP contribution in [0.2, 0.25) is 0 Å². The lowest BCUT2D eigenvalue weighted by molar-refractivity contribution is 1.09. The van der Waals surface area contributed by atoms with Gasteiger partial charge < -0.3 is 5.73 Å². The summed E-state index contributed by atoms with van der Waals surface area (Å²) < 4.78 is 0. The van der Waals surface area contributed by atoms with Gasteiger partial charge in [-0.2, -0.15) is 0 Å². The summed E-state index contributed by atoms with van der Waals surface area (Å²) in [4.78, 5) is 0. The molecule has 0 aromatic rings. The second-order valence-corrected chi connectivity index (χ2v) is 1.90. The van der Waals surface area contributed by atoms with E-state index in [1.807, 2.05) is 31.2 Å². The van der Waals surface area contributed by atoms with Crippen LogP contribution in [0.25, 0.3) is 0 Å². The number of hydrogen-bond donors (Lipinski definition) is 1. The van der Waals surface area contributed by atoms with Crippen molar-refractivity contribution in [3.05, 3.63) is 24.3 Å². The summed E-state index contributed by atoms with van der Waals surface area (Å²) in [5.74, 6) is 0. The minimum atomic E-state index is 0.629. The topological polar surface area (TPSA) is 26.0 Å². The molecule has 0 amide bonds. The Bertz CT molecular complexity index is 109. The Labute approximate surface area is 77.4 Å². The van der Waals surface area contributed by atoms with Gasteiger partial charge in [-0.05, 0) is 6.92 Å². The summed E-state index contributed by atoms with van der Waals surface area (Å²) in [7, 11) is 0. The van der Waals surface area contributed by atoms with Gasteiger partial charge in [-0.3, -0.25) is 0 Å². The molecule has 12 heavy (non-hydrogen) atoms. The van der Waals surface area contributed by atoms with Gasteiger partial charge in [0.05, 0.1) is 0 Å². The molecule has 0 bridgehead atoms. The van der Waals surface area contributed by atoms with E-state index in [0.29, 0.717) is 6.54 Å². The lowest BCUT2D eigenvalue weighted by atomic mass is 10.4. The first-order valence-electron chi connectivity index (χ1n) is 4.14. The van der Waals surface area contributed by atoms with Crippen LogP contribution in [0.3, 0.4) is 0 Å². The Morgan fingerprint density at radius 1 is 1.17 bits per heavy atom. The van der Waals surface area contributed by atoms with Gasteiger partial charge in [0.2, 0.25) is 0 Å². The zero-order chi connectivity index (χ0) is 10.2. The van der Waals surface area contributed by atoms with Crippen molar-refractivity contribution >= 4 is 0 Å². The molecule has 0 aromatic heterocycles. The summed E-state index contributed by atoms with van der Waals surface area (Å²) in [5, 5.41) is 0. The van der Waals surface area contributed by atoms with Crippen molar-refractivity contribution < 1.29 is 0 Å². The zero-order valence-corrected chi connectivity index (χ0v) is 8.46. The van der Waals surface area contributed by atoms with Gasteiger partial charge >= 0.3 is 0 Å². The molecule has 0 saturated carbocycles. The largest absolute Gasteiger partial charge is 0.327 e. The molecule has 0 aliphatic heterocycles. The second kappa shape index (κ2) is 32.4. The molecule has 0 rings (SSSR count). The Morgan fingerprint density at radius 3 is 1.83 bits per heavy atom. The first-order chi connectivity index (χ1) is 5.83. The van der Waals surface area contributed by atoms with Gasteiger partial charge in [0.25, 0.3) is 0 Å². The molecular weight excluding hydrogens is 146 g/mol. The number of terminal acetylenes is 1. The van der Waals surface area contributed by atoms with Crippen molar-refractivity contribution in [3.63, 3.8) is 0 Å². The number of allylic oxidation sites excluding steroid dienone is 3. The fraction of sp³-hybridized carbons (Fsp3) is 0.455. The van der Waals surface area contributed by atoms with Crippen molar-refractivity contribution in [1.29, 1.82) is 0 Å². The Morgan fingerprint density at radius 2 is 1.58 bits per heavy atom. The maximum atomic E-state index is 5.15. The van der Waals surface area contributed by atoms with Crippen molar-refractivity contribution in [2.75, 3.05) is 6.54 Å². The number of nitrogens with two attached hydrogens (primary N) is 1. The second-order valence-electron chi connectivity index (χ2n) is 1.90. The smallest absolute Gasteiger partial charge is 0.0109 e. The van der Waals surface area contributed by atoms with E-state index in [0.717, 1.165) is 0 Å². The van der Waals surface area contributed by atoms with Gasteiger partial charge in [-0.1, -0.05) is 44.6 Å². The van der Waals surface area contributed by atoms with Crippen LogP contribution in [0.15, 0.2) is 24.3 Å². The molecule has 0 fully saturated rings. The standard InChI is InChI=1S/C6H11N.C3H8.C2H2/c1-2-3-4-5-6-7;1-3-2;1-2/h2-5H,6-7H2,1H3;3H2,1-2H3;1-2H/b3-2-,5-4-;;. The average molecular weight is 167 g/mol. The van der Waals surface area contributed by atoms with E-state index in [4.69, 9.17) is 5.73 Å². The molecule has 0 radical (unpaired) electrons. The Balaban J connectivity index is -0.000000137. The molecule has 1 nitrogen and oxygen atoms in total. The lowest BCUT2D eigenvalue weighted by Crippen LogP contribution is -1.91. The molecule has 0 heterocycles. The van der Waals surface area contributed by atoms with Crippen LogP contribution >= 0.6 is 0 Å². The molecule has 0 aliphatic rings. The number of rotatable bonds is 2. The molecule has 0 saturated heterocycles. The molecule has 0 spiro atoms. The lowest BCUT2D eigenvalue weighted by Gasteiger charge is -1.71. The van der Waals surface area contributed by atoms with E-state index in [-0.39, 0.29) is 0 Å². The SMILES string of the molecule is C#C.C/C=C\C=C/CN.CCC. The van der Waals surface area contributed by atoms with E-state index >= 15 is 0 Å². The maximum absolute atomic E-state index is 5.15. The fourth-order valence-electron chi connectivity index (χ4n) is 0.268. The minimum absolute atomic E-state index is 0.629. The summed E-state index contributed by atoms with van der Waals surface area (Å²) >= 11 is 0. The van der Waals surface area contributed by atoms with E-state index in [1.54, 1.807) is 0 Å². The van der Waals surface area contributed by atoms with Crippen LogP contribution in [0.1, 0.15) is 27.2 Å². The van der Waals surface area contributed by atoms with Crippen LogP contribution < -0.4 is 5.73 Å². The van der Waals surface area contributed by atoms with E-state index in [2.05, 4.69) is 26.7 Å². The predicted octanol–water partition coefficient (Wildman–Crippen LogP) is 2.74. The van der Waals surface area contributed by atoms with Crippen molar-refractivity contribution in [2.45, 2.75) is 27.2 Å².